The minimum atomic E-state index is 0.855. The van der Waals surface area contributed by atoms with E-state index in [1.54, 1.807) is 6.20 Å². The summed E-state index contributed by atoms with van der Waals surface area (Å²) >= 11 is 3.37. The van der Waals surface area contributed by atoms with E-state index >= 15 is 0 Å². The Labute approximate surface area is 77.2 Å². The zero-order valence-corrected chi connectivity index (χ0v) is 7.72. The van der Waals surface area contributed by atoms with E-state index in [0.29, 0.717) is 0 Å². The first-order valence-corrected chi connectivity index (χ1v) is 4.20. The quantitative estimate of drug-likeness (QED) is 0.512. The highest BCUT2D eigenvalue weighted by Crippen LogP contribution is 2.25. The van der Waals surface area contributed by atoms with Crippen molar-refractivity contribution < 1.29 is 0 Å². The molecule has 0 aliphatic heterocycles. The molecule has 0 atom stereocenters. The first kappa shape index (κ1) is 7.57. The number of aromatic amines is 1. The molecule has 0 bridgehead atoms. The molecule has 0 aliphatic rings. The molecule has 0 radical (unpaired) electrons. The van der Waals surface area contributed by atoms with Gasteiger partial charge in [-0.3, -0.25) is 10.9 Å². The summed E-state index contributed by atoms with van der Waals surface area (Å²) in [5.74, 6) is 5.33. The van der Waals surface area contributed by atoms with Gasteiger partial charge in [0.05, 0.1) is 17.4 Å². The molecule has 12 heavy (non-hydrogen) atoms. The number of fused-ring (bicyclic) bond motifs is 1. The molecule has 2 aromatic rings. The van der Waals surface area contributed by atoms with E-state index in [4.69, 9.17) is 5.84 Å². The lowest BCUT2D eigenvalue weighted by Crippen LogP contribution is -2.06. The van der Waals surface area contributed by atoms with Crippen LogP contribution in [0.2, 0.25) is 0 Å². The van der Waals surface area contributed by atoms with Crippen LogP contribution in [0.5, 0.6) is 0 Å². The van der Waals surface area contributed by atoms with Crippen molar-refractivity contribution in [2.24, 2.45) is 5.84 Å². The number of nitrogens with zero attached hydrogens (tertiary/aromatic N) is 1. The van der Waals surface area contributed by atoms with E-state index in [1.807, 2.05) is 12.1 Å². The zero-order chi connectivity index (χ0) is 8.55. The van der Waals surface area contributed by atoms with Crippen molar-refractivity contribution in [1.29, 1.82) is 0 Å². The Morgan fingerprint density at radius 2 is 2.33 bits per heavy atom. The van der Waals surface area contributed by atoms with Gasteiger partial charge >= 0.3 is 0 Å². The minimum Gasteiger partial charge on any atom is -0.323 e. The van der Waals surface area contributed by atoms with Gasteiger partial charge in [0, 0.05) is 9.86 Å². The first-order valence-electron chi connectivity index (χ1n) is 3.40. The Morgan fingerprint density at radius 3 is 3.08 bits per heavy atom. The maximum atomic E-state index is 5.33. The Kier molecular flexibility index (Phi) is 1.74. The number of rotatable bonds is 1. The van der Waals surface area contributed by atoms with Crippen LogP contribution in [0.4, 0.5) is 5.69 Å². The molecule has 5 heteroatoms. The van der Waals surface area contributed by atoms with Gasteiger partial charge in [-0.2, -0.15) is 5.10 Å². The molecule has 4 nitrogen and oxygen atoms in total. The number of hydrogen-bond donors (Lipinski definition) is 3. The number of nitrogen functional groups attached to an aromatic ring is 1. The molecule has 0 fully saturated rings. The summed E-state index contributed by atoms with van der Waals surface area (Å²) in [5, 5.41) is 7.76. The first-order chi connectivity index (χ1) is 5.81. The highest BCUT2D eigenvalue weighted by Gasteiger charge is 2.02. The summed E-state index contributed by atoms with van der Waals surface area (Å²) in [5.41, 5.74) is 4.42. The molecule has 62 valence electrons. The lowest BCUT2D eigenvalue weighted by atomic mass is 10.2. The van der Waals surface area contributed by atoms with E-state index in [9.17, 15) is 0 Å². The predicted octanol–water partition coefficient (Wildman–Crippen LogP) is 1.61. The number of H-pyrrole nitrogens is 1. The van der Waals surface area contributed by atoms with Gasteiger partial charge in [0.15, 0.2) is 0 Å². The number of nitrogens with one attached hydrogen (secondary N) is 2. The third-order valence-corrected chi connectivity index (χ3v) is 2.14. The van der Waals surface area contributed by atoms with Gasteiger partial charge in [-0.15, -0.1) is 0 Å². The molecule has 0 saturated carbocycles. The predicted molar refractivity (Wildman–Crippen MR) is 51.6 cm³/mol. The standard InChI is InChI=1S/C7H7BrN4/c8-4-1-6(11-9)5-3-10-12-7(5)2-4/h1-3,11H,9H2,(H,10,12). The number of anilines is 1. The van der Waals surface area contributed by atoms with Crippen LogP contribution in [-0.4, -0.2) is 10.2 Å². The Morgan fingerprint density at radius 1 is 1.50 bits per heavy atom. The molecule has 1 aromatic heterocycles. The smallest absolute Gasteiger partial charge is 0.0682 e. The molecule has 0 saturated heterocycles. The molecule has 1 aromatic carbocycles. The highest BCUT2D eigenvalue weighted by atomic mass is 79.9. The van der Waals surface area contributed by atoms with Crippen molar-refractivity contribution in [1.82, 2.24) is 10.2 Å². The number of nitrogens with two attached hydrogens (primary N) is 1. The molecule has 0 spiro atoms. The van der Waals surface area contributed by atoms with Crippen molar-refractivity contribution in [3.63, 3.8) is 0 Å². The van der Waals surface area contributed by atoms with Crippen LogP contribution in [0, 0.1) is 0 Å². The van der Waals surface area contributed by atoms with Gasteiger partial charge in [0.2, 0.25) is 0 Å². The number of aromatic nitrogens is 2. The number of hydrazine groups is 1. The van der Waals surface area contributed by atoms with Gasteiger partial charge in [0.25, 0.3) is 0 Å². The van der Waals surface area contributed by atoms with Gasteiger partial charge in [-0.1, -0.05) is 15.9 Å². The van der Waals surface area contributed by atoms with Gasteiger partial charge in [-0.25, -0.2) is 0 Å². The van der Waals surface area contributed by atoms with Crippen LogP contribution in [0.15, 0.2) is 22.8 Å². The van der Waals surface area contributed by atoms with Crippen LogP contribution < -0.4 is 11.3 Å². The molecular formula is C7H7BrN4. The van der Waals surface area contributed by atoms with Crippen molar-refractivity contribution >= 4 is 32.5 Å². The SMILES string of the molecule is NNc1cc(Br)cc2[nH]ncc12. The Balaban J connectivity index is 2.80. The molecule has 1 heterocycles. The topological polar surface area (TPSA) is 66.7 Å². The molecule has 2 rings (SSSR count). The summed E-state index contributed by atoms with van der Waals surface area (Å²) in [7, 11) is 0. The molecule has 0 unspecified atom stereocenters. The number of halogens is 1. The second-order valence-electron chi connectivity index (χ2n) is 2.43. The second kappa shape index (κ2) is 2.76. The molecule has 0 aliphatic carbocycles. The van der Waals surface area contributed by atoms with Gasteiger partial charge < -0.3 is 5.43 Å². The largest absolute Gasteiger partial charge is 0.323 e. The van der Waals surface area contributed by atoms with Crippen molar-refractivity contribution in [2.45, 2.75) is 0 Å². The van der Waals surface area contributed by atoms with Crippen LogP contribution in [0.1, 0.15) is 0 Å². The summed E-state index contributed by atoms with van der Waals surface area (Å²) in [6.07, 6.45) is 1.73. The van der Waals surface area contributed by atoms with E-state index in [2.05, 4.69) is 31.6 Å². The van der Waals surface area contributed by atoms with Gasteiger partial charge in [-0.05, 0) is 12.1 Å². The zero-order valence-electron chi connectivity index (χ0n) is 6.13. The van der Waals surface area contributed by atoms with Crippen molar-refractivity contribution in [3.05, 3.63) is 22.8 Å². The maximum Gasteiger partial charge on any atom is 0.0682 e. The summed E-state index contributed by atoms with van der Waals surface area (Å²) in [6, 6.07) is 3.85. The summed E-state index contributed by atoms with van der Waals surface area (Å²) < 4.78 is 0.965. The third-order valence-electron chi connectivity index (χ3n) is 1.68. The third kappa shape index (κ3) is 1.07. The highest BCUT2D eigenvalue weighted by molar-refractivity contribution is 9.10. The van der Waals surface area contributed by atoms with Crippen LogP contribution in [0.3, 0.4) is 0 Å². The van der Waals surface area contributed by atoms with Crippen LogP contribution in [0.25, 0.3) is 10.9 Å². The van der Waals surface area contributed by atoms with Crippen molar-refractivity contribution in [2.75, 3.05) is 5.43 Å². The van der Waals surface area contributed by atoms with Gasteiger partial charge in [0.1, 0.15) is 0 Å². The lowest BCUT2D eigenvalue weighted by molar-refractivity contribution is 1.12. The van der Waals surface area contributed by atoms with E-state index in [1.165, 1.54) is 0 Å². The molecule has 0 amide bonds. The summed E-state index contributed by atoms with van der Waals surface area (Å²) in [4.78, 5) is 0. The second-order valence-corrected chi connectivity index (χ2v) is 3.34. The monoisotopic (exact) mass is 226 g/mol. The Hall–Kier alpha value is -1.07. The lowest BCUT2D eigenvalue weighted by Gasteiger charge is -2.01. The average molecular weight is 227 g/mol. The van der Waals surface area contributed by atoms with E-state index in [0.717, 1.165) is 21.1 Å². The average Bonchev–Trinajstić information content (AvgIpc) is 2.50. The normalized spacial score (nSPS) is 10.5. The van der Waals surface area contributed by atoms with E-state index in [-0.39, 0.29) is 0 Å². The van der Waals surface area contributed by atoms with Crippen LogP contribution in [-0.2, 0) is 0 Å². The number of benzene rings is 1. The minimum absolute atomic E-state index is 0.855. The van der Waals surface area contributed by atoms with E-state index < -0.39 is 0 Å². The fourth-order valence-corrected chi connectivity index (χ4v) is 1.59. The molecule has 4 N–H and O–H groups in total. The Bertz CT molecular complexity index is 409. The molecular weight excluding hydrogens is 220 g/mol. The summed E-state index contributed by atoms with van der Waals surface area (Å²) in [6.45, 7) is 0. The van der Waals surface area contributed by atoms with Crippen molar-refractivity contribution in [3.8, 4) is 0 Å². The fourth-order valence-electron chi connectivity index (χ4n) is 1.14. The van der Waals surface area contributed by atoms with Crippen LogP contribution >= 0.6 is 15.9 Å². The fraction of sp³-hybridized carbons (Fsp3) is 0. The number of hydrogen-bond acceptors (Lipinski definition) is 3. The maximum absolute atomic E-state index is 5.33.